The molecule has 0 saturated heterocycles. The van der Waals surface area contributed by atoms with Crippen molar-refractivity contribution >= 4 is 5.82 Å². The number of ether oxygens (including phenoxy) is 2. The van der Waals surface area contributed by atoms with E-state index < -0.39 is 0 Å². The molecule has 0 aliphatic rings. The molecule has 18 heavy (non-hydrogen) atoms. The van der Waals surface area contributed by atoms with Crippen molar-refractivity contribution in [1.29, 1.82) is 0 Å². The van der Waals surface area contributed by atoms with Gasteiger partial charge in [-0.15, -0.1) is 0 Å². The van der Waals surface area contributed by atoms with Crippen molar-refractivity contribution in [1.82, 2.24) is 9.55 Å². The molecule has 0 spiro atoms. The zero-order valence-corrected chi connectivity index (χ0v) is 10.1. The lowest BCUT2D eigenvalue weighted by atomic mass is 10.2. The van der Waals surface area contributed by atoms with Crippen LogP contribution in [-0.4, -0.2) is 23.8 Å². The Hall–Kier alpha value is -2.50. The van der Waals surface area contributed by atoms with Crippen LogP contribution in [0.15, 0.2) is 35.4 Å². The fourth-order valence-corrected chi connectivity index (χ4v) is 1.60. The lowest BCUT2D eigenvalue weighted by molar-refractivity contribution is 0.355. The van der Waals surface area contributed by atoms with Crippen LogP contribution in [0.1, 0.15) is 0 Å². The molecule has 0 aliphatic carbocycles. The third-order valence-corrected chi connectivity index (χ3v) is 2.51. The molecule has 2 aromatic rings. The number of benzene rings is 1. The zero-order valence-electron chi connectivity index (χ0n) is 10.1. The molecule has 0 amide bonds. The monoisotopic (exact) mass is 247 g/mol. The second-order valence-electron chi connectivity index (χ2n) is 3.53. The van der Waals surface area contributed by atoms with Gasteiger partial charge in [-0.3, -0.25) is 9.36 Å². The molecule has 0 bridgehead atoms. The van der Waals surface area contributed by atoms with E-state index in [1.807, 2.05) is 0 Å². The normalized spacial score (nSPS) is 10.1. The van der Waals surface area contributed by atoms with E-state index in [1.54, 1.807) is 31.5 Å². The second-order valence-corrected chi connectivity index (χ2v) is 3.53. The van der Waals surface area contributed by atoms with Crippen molar-refractivity contribution in [2.75, 3.05) is 20.0 Å². The molecular formula is C12H13N3O3. The van der Waals surface area contributed by atoms with E-state index in [1.165, 1.54) is 17.9 Å². The number of aromatic nitrogens is 2. The number of nitrogen functional groups attached to an aromatic ring is 1. The van der Waals surface area contributed by atoms with Crippen molar-refractivity contribution in [3.63, 3.8) is 0 Å². The average molecular weight is 247 g/mol. The Morgan fingerprint density at radius 2 is 1.94 bits per heavy atom. The fraction of sp³-hybridized carbons (Fsp3) is 0.167. The van der Waals surface area contributed by atoms with Gasteiger partial charge in [0.25, 0.3) is 5.56 Å². The molecule has 0 atom stereocenters. The predicted molar refractivity (Wildman–Crippen MR) is 67.4 cm³/mol. The van der Waals surface area contributed by atoms with Crippen LogP contribution in [0.5, 0.6) is 11.5 Å². The van der Waals surface area contributed by atoms with Gasteiger partial charge < -0.3 is 15.2 Å². The standard InChI is InChI=1S/C12H13N3O3/c1-17-9-4-3-8(7-10(9)18-2)15-6-5-14-11(13)12(15)16/h3-7H,1-2H3,(H2,13,14). The largest absolute Gasteiger partial charge is 0.493 e. The highest BCUT2D eigenvalue weighted by Crippen LogP contribution is 2.28. The van der Waals surface area contributed by atoms with Crippen LogP contribution in [0.3, 0.4) is 0 Å². The Kier molecular flexibility index (Phi) is 3.18. The number of nitrogens with two attached hydrogens (primary N) is 1. The van der Waals surface area contributed by atoms with Crippen molar-refractivity contribution in [2.24, 2.45) is 0 Å². The van der Waals surface area contributed by atoms with Gasteiger partial charge in [-0.25, -0.2) is 4.98 Å². The topological polar surface area (TPSA) is 79.4 Å². The van der Waals surface area contributed by atoms with Gasteiger partial charge in [0.2, 0.25) is 0 Å². The van der Waals surface area contributed by atoms with Gasteiger partial charge in [0.1, 0.15) is 0 Å². The molecule has 94 valence electrons. The summed E-state index contributed by atoms with van der Waals surface area (Å²) in [7, 11) is 3.08. The Labute approximate surface area is 104 Å². The van der Waals surface area contributed by atoms with Gasteiger partial charge in [-0.05, 0) is 12.1 Å². The minimum atomic E-state index is -0.371. The van der Waals surface area contributed by atoms with Gasteiger partial charge in [0.05, 0.1) is 19.9 Å². The summed E-state index contributed by atoms with van der Waals surface area (Å²) < 4.78 is 11.7. The number of nitrogens with zero attached hydrogens (tertiary/aromatic N) is 2. The predicted octanol–water partition coefficient (Wildman–Crippen LogP) is 0.832. The molecule has 1 heterocycles. The minimum Gasteiger partial charge on any atom is -0.493 e. The van der Waals surface area contributed by atoms with Gasteiger partial charge in [-0.1, -0.05) is 0 Å². The summed E-state index contributed by atoms with van der Waals surface area (Å²) in [5.41, 5.74) is 5.74. The van der Waals surface area contributed by atoms with Gasteiger partial charge >= 0.3 is 0 Å². The van der Waals surface area contributed by atoms with Crippen LogP contribution < -0.4 is 20.8 Å². The molecule has 0 fully saturated rings. The molecule has 6 heteroatoms. The zero-order chi connectivity index (χ0) is 13.1. The maximum atomic E-state index is 11.8. The lowest BCUT2D eigenvalue weighted by Gasteiger charge is -2.11. The molecule has 2 N–H and O–H groups in total. The van der Waals surface area contributed by atoms with E-state index in [-0.39, 0.29) is 11.4 Å². The third kappa shape index (κ3) is 2.00. The van der Waals surface area contributed by atoms with E-state index in [0.29, 0.717) is 17.2 Å². The van der Waals surface area contributed by atoms with E-state index in [9.17, 15) is 4.79 Å². The van der Waals surface area contributed by atoms with E-state index in [0.717, 1.165) is 0 Å². The van der Waals surface area contributed by atoms with Gasteiger partial charge in [0.15, 0.2) is 17.3 Å². The number of methoxy groups -OCH3 is 2. The molecule has 0 unspecified atom stereocenters. The van der Waals surface area contributed by atoms with Crippen LogP contribution in [0, 0.1) is 0 Å². The highest BCUT2D eigenvalue weighted by Gasteiger charge is 2.08. The highest BCUT2D eigenvalue weighted by molar-refractivity contribution is 5.49. The minimum absolute atomic E-state index is 0.0488. The maximum Gasteiger partial charge on any atom is 0.297 e. The van der Waals surface area contributed by atoms with Crippen LogP contribution in [0.25, 0.3) is 5.69 Å². The highest BCUT2D eigenvalue weighted by atomic mass is 16.5. The maximum absolute atomic E-state index is 11.8. The van der Waals surface area contributed by atoms with Crippen molar-refractivity contribution < 1.29 is 9.47 Å². The van der Waals surface area contributed by atoms with Crippen LogP contribution in [-0.2, 0) is 0 Å². The number of anilines is 1. The fourth-order valence-electron chi connectivity index (χ4n) is 1.60. The van der Waals surface area contributed by atoms with Crippen molar-refractivity contribution in [3.8, 4) is 17.2 Å². The van der Waals surface area contributed by atoms with Crippen molar-refractivity contribution in [2.45, 2.75) is 0 Å². The molecule has 6 nitrogen and oxygen atoms in total. The van der Waals surface area contributed by atoms with Crippen LogP contribution in [0.2, 0.25) is 0 Å². The van der Waals surface area contributed by atoms with Crippen LogP contribution in [0.4, 0.5) is 5.82 Å². The smallest absolute Gasteiger partial charge is 0.297 e. The van der Waals surface area contributed by atoms with E-state index in [2.05, 4.69) is 4.98 Å². The quantitative estimate of drug-likeness (QED) is 0.869. The summed E-state index contributed by atoms with van der Waals surface area (Å²) in [6.07, 6.45) is 3.01. The lowest BCUT2D eigenvalue weighted by Crippen LogP contribution is -2.21. The van der Waals surface area contributed by atoms with E-state index >= 15 is 0 Å². The number of hydrogen-bond donors (Lipinski definition) is 1. The Bertz CT molecular complexity index is 622. The first-order valence-corrected chi connectivity index (χ1v) is 5.23. The molecule has 2 rings (SSSR count). The summed E-state index contributed by atoms with van der Waals surface area (Å²) in [4.78, 5) is 15.6. The second kappa shape index (κ2) is 4.79. The van der Waals surface area contributed by atoms with Crippen LogP contribution >= 0.6 is 0 Å². The molecule has 1 aromatic carbocycles. The summed E-state index contributed by atoms with van der Waals surface area (Å²) >= 11 is 0. The summed E-state index contributed by atoms with van der Waals surface area (Å²) in [6.45, 7) is 0. The Morgan fingerprint density at radius 1 is 1.22 bits per heavy atom. The molecule has 0 aliphatic heterocycles. The SMILES string of the molecule is COc1ccc(-n2ccnc(N)c2=O)cc1OC. The first-order valence-electron chi connectivity index (χ1n) is 5.23. The first kappa shape index (κ1) is 12.0. The van der Waals surface area contributed by atoms with Gasteiger partial charge in [-0.2, -0.15) is 0 Å². The molecular weight excluding hydrogens is 234 g/mol. The Morgan fingerprint density at radius 3 is 2.61 bits per heavy atom. The number of hydrogen-bond acceptors (Lipinski definition) is 5. The molecule has 0 saturated carbocycles. The molecule has 1 aromatic heterocycles. The van der Waals surface area contributed by atoms with Crippen molar-refractivity contribution in [3.05, 3.63) is 40.9 Å². The summed E-state index contributed by atoms with van der Waals surface area (Å²) in [5, 5.41) is 0. The summed E-state index contributed by atoms with van der Waals surface area (Å²) in [6, 6.07) is 5.15. The first-order chi connectivity index (χ1) is 8.67. The van der Waals surface area contributed by atoms with Gasteiger partial charge in [0, 0.05) is 18.5 Å². The average Bonchev–Trinajstić information content (AvgIpc) is 2.41. The molecule has 0 radical (unpaired) electrons. The third-order valence-electron chi connectivity index (χ3n) is 2.51. The summed E-state index contributed by atoms with van der Waals surface area (Å²) in [5.74, 6) is 1.08. The number of rotatable bonds is 3. The van der Waals surface area contributed by atoms with E-state index in [4.69, 9.17) is 15.2 Å². The Balaban J connectivity index is 2.58.